The zero-order chi connectivity index (χ0) is 22.2. The van der Waals surface area contributed by atoms with Crippen LogP contribution in [-0.4, -0.2) is 48.7 Å². The van der Waals surface area contributed by atoms with Gasteiger partial charge in [0.1, 0.15) is 5.60 Å². The maximum atomic E-state index is 13.0. The molecule has 8 unspecified atom stereocenters. The summed E-state index contributed by atoms with van der Waals surface area (Å²) in [5.74, 6) is 3.11. The van der Waals surface area contributed by atoms with E-state index < -0.39 is 5.60 Å². The number of carbonyl (C=O) groups is 1. The first-order valence-corrected chi connectivity index (χ1v) is 12.6. The number of amides is 1. The predicted molar refractivity (Wildman–Crippen MR) is 122 cm³/mol. The number of piperidine rings is 1. The summed E-state index contributed by atoms with van der Waals surface area (Å²) in [6.45, 7) is 8.80. The molecule has 2 heterocycles. The van der Waals surface area contributed by atoms with Gasteiger partial charge < -0.3 is 14.2 Å². The maximum Gasteiger partial charge on any atom is 0.411 e. The number of fused-ring (bicyclic) bond motifs is 2. The predicted octanol–water partition coefficient (Wildman–Crippen LogP) is 5.78. The summed E-state index contributed by atoms with van der Waals surface area (Å²) in [7, 11) is 1.78. The Morgan fingerprint density at radius 1 is 1.00 bits per heavy atom. The molecular weight excluding hydrogens is 390 g/mol. The standard InChI is InChI=1S/C26H43NO4/c1-17-9-8-11-19(27(17)25(28)31-26(2,3)4)13-14-21-20-12-7-6-10-18(20)15-22-23(21)16-30-24(22)29-5/h13-14,17-24H,6-12,15-16H2,1-5H3. The Morgan fingerprint density at radius 2 is 1.77 bits per heavy atom. The number of hydrogen-bond donors (Lipinski definition) is 0. The Morgan fingerprint density at radius 3 is 2.52 bits per heavy atom. The lowest BCUT2D eigenvalue weighted by molar-refractivity contribution is -0.118. The third-order valence-electron chi connectivity index (χ3n) is 8.23. The number of likely N-dealkylation sites (tertiary alicyclic amines) is 1. The van der Waals surface area contributed by atoms with Gasteiger partial charge in [-0.05, 0) is 83.5 Å². The highest BCUT2D eigenvalue weighted by Gasteiger charge is 2.50. The molecule has 5 nitrogen and oxygen atoms in total. The monoisotopic (exact) mass is 433 g/mol. The molecule has 2 aliphatic carbocycles. The molecule has 2 aliphatic heterocycles. The van der Waals surface area contributed by atoms with Crippen molar-refractivity contribution in [2.45, 2.75) is 103 Å². The number of rotatable bonds is 3. The average molecular weight is 434 g/mol. The lowest BCUT2D eigenvalue weighted by atomic mass is 9.58. The van der Waals surface area contributed by atoms with E-state index in [4.69, 9.17) is 14.2 Å². The molecule has 4 fully saturated rings. The largest absolute Gasteiger partial charge is 0.444 e. The Hall–Kier alpha value is -1.07. The topological polar surface area (TPSA) is 48.0 Å². The van der Waals surface area contributed by atoms with Crippen LogP contribution in [0.25, 0.3) is 0 Å². The SMILES string of the molecule is COC1OCC2C(C=CC3CCCC(C)N3C(=O)OC(C)(C)C)C3CCCCC3CC12. The van der Waals surface area contributed by atoms with Crippen LogP contribution in [-0.2, 0) is 14.2 Å². The van der Waals surface area contributed by atoms with Crippen LogP contribution < -0.4 is 0 Å². The molecule has 8 atom stereocenters. The van der Waals surface area contributed by atoms with Crippen molar-refractivity contribution in [3.05, 3.63) is 12.2 Å². The van der Waals surface area contributed by atoms with Crippen molar-refractivity contribution in [1.82, 2.24) is 4.90 Å². The van der Waals surface area contributed by atoms with Gasteiger partial charge in [0.05, 0.1) is 12.6 Å². The highest BCUT2D eigenvalue weighted by molar-refractivity contribution is 5.69. The smallest absolute Gasteiger partial charge is 0.411 e. The molecule has 1 amide bonds. The minimum absolute atomic E-state index is 0.0447. The molecule has 31 heavy (non-hydrogen) atoms. The van der Waals surface area contributed by atoms with Crippen molar-refractivity contribution in [2.24, 2.45) is 29.6 Å². The molecule has 0 aromatic carbocycles. The van der Waals surface area contributed by atoms with E-state index in [2.05, 4.69) is 19.1 Å². The second kappa shape index (κ2) is 9.43. The van der Waals surface area contributed by atoms with E-state index in [1.165, 1.54) is 32.1 Å². The summed E-state index contributed by atoms with van der Waals surface area (Å²) < 4.78 is 17.5. The van der Waals surface area contributed by atoms with E-state index in [0.29, 0.717) is 17.8 Å². The minimum atomic E-state index is -0.467. The van der Waals surface area contributed by atoms with Gasteiger partial charge in [-0.2, -0.15) is 0 Å². The third-order valence-corrected chi connectivity index (χ3v) is 8.23. The van der Waals surface area contributed by atoms with Crippen LogP contribution in [0.3, 0.4) is 0 Å². The summed E-state index contributed by atoms with van der Waals surface area (Å²) in [6, 6.07) is 0.342. The second-order valence-electron chi connectivity index (χ2n) is 11.4. The zero-order valence-corrected chi connectivity index (χ0v) is 20.2. The van der Waals surface area contributed by atoms with Gasteiger partial charge in [-0.15, -0.1) is 0 Å². The lowest BCUT2D eigenvalue weighted by Gasteiger charge is -2.47. The van der Waals surface area contributed by atoms with Gasteiger partial charge in [-0.1, -0.05) is 31.4 Å². The van der Waals surface area contributed by atoms with Gasteiger partial charge in [0.25, 0.3) is 0 Å². The average Bonchev–Trinajstić information content (AvgIpc) is 3.12. The van der Waals surface area contributed by atoms with E-state index in [-0.39, 0.29) is 24.5 Å². The van der Waals surface area contributed by atoms with Gasteiger partial charge in [0.15, 0.2) is 6.29 Å². The van der Waals surface area contributed by atoms with Gasteiger partial charge in [-0.3, -0.25) is 4.90 Å². The van der Waals surface area contributed by atoms with E-state index in [9.17, 15) is 4.79 Å². The molecule has 5 heteroatoms. The first-order chi connectivity index (χ1) is 14.8. The van der Waals surface area contributed by atoms with Gasteiger partial charge in [0, 0.05) is 19.1 Å². The quantitative estimate of drug-likeness (QED) is 0.529. The lowest BCUT2D eigenvalue weighted by Crippen LogP contribution is -2.50. The van der Waals surface area contributed by atoms with Crippen LogP contribution in [0.5, 0.6) is 0 Å². The van der Waals surface area contributed by atoms with Crippen LogP contribution in [0.4, 0.5) is 4.79 Å². The van der Waals surface area contributed by atoms with Crippen molar-refractivity contribution in [2.75, 3.05) is 13.7 Å². The Labute approximate surface area is 188 Å². The summed E-state index contributed by atoms with van der Waals surface area (Å²) in [5, 5.41) is 0. The van der Waals surface area contributed by atoms with E-state index in [1.54, 1.807) is 7.11 Å². The molecule has 176 valence electrons. The number of nitrogens with zero attached hydrogens (tertiary/aromatic N) is 1. The first-order valence-electron chi connectivity index (χ1n) is 12.6. The van der Waals surface area contributed by atoms with E-state index >= 15 is 0 Å². The van der Waals surface area contributed by atoms with Crippen molar-refractivity contribution in [3.63, 3.8) is 0 Å². The molecule has 0 N–H and O–H groups in total. The second-order valence-corrected chi connectivity index (χ2v) is 11.4. The number of carbonyl (C=O) groups excluding carboxylic acids is 1. The maximum absolute atomic E-state index is 13.0. The van der Waals surface area contributed by atoms with Gasteiger partial charge >= 0.3 is 6.09 Å². The van der Waals surface area contributed by atoms with Gasteiger partial charge in [0.2, 0.25) is 0 Å². The van der Waals surface area contributed by atoms with Crippen molar-refractivity contribution in [1.29, 1.82) is 0 Å². The molecule has 0 radical (unpaired) electrons. The molecule has 2 saturated carbocycles. The fourth-order valence-corrected chi connectivity index (χ4v) is 6.87. The van der Waals surface area contributed by atoms with E-state index in [1.807, 2.05) is 25.7 Å². The van der Waals surface area contributed by atoms with E-state index in [0.717, 1.165) is 37.7 Å². The molecular formula is C26H43NO4. The summed E-state index contributed by atoms with van der Waals surface area (Å²) in [4.78, 5) is 15.0. The third kappa shape index (κ3) is 4.98. The summed E-state index contributed by atoms with van der Waals surface area (Å²) >= 11 is 0. The number of ether oxygens (including phenoxy) is 3. The molecule has 0 spiro atoms. The fraction of sp³-hybridized carbons (Fsp3) is 0.885. The molecule has 2 saturated heterocycles. The van der Waals surface area contributed by atoms with Crippen LogP contribution in [0, 0.1) is 29.6 Å². The van der Waals surface area contributed by atoms with Crippen molar-refractivity contribution in [3.8, 4) is 0 Å². The minimum Gasteiger partial charge on any atom is -0.444 e. The number of methoxy groups -OCH3 is 1. The summed E-state index contributed by atoms with van der Waals surface area (Å²) in [6.07, 6.45) is 14.5. The fourth-order valence-electron chi connectivity index (χ4n) is 6.87. The van der Waals surface area contributed by atoms with Crippen LogP contribution in [0.1, 0.15) is 79.1 Å². The molecule has 0 bridgehead atoms. The van der Waals surface area contributed by atoms with Crippen LogP contribution in [0.15, 0.2) is 12.2 Å². The highest BCUT2D eigenvalue weighted by Crippen LogP contribution is 2.53. The van der Waals surface area contributed by atoms with Crippen LogP contribution >= 0.6 is 0 Å². The Balaban J connectivity index is 1.54. The molecule has 4 aliphatic rings. The molecule has 0 aromatic rings. The van der Waals surface area contributed by atoms with Gasteiger partial charge in [-0.25, -0.2) is 4.79 Å². The Bertz CT molecular complexity index is 656. The number of hydrogen-bond acceptors (Lipinski definition) is 4. The molecule has 4 rings (SSSR count). The van der Waals surface area contributed by atoms with Crippen LogP contribution in [0.2, 0.25) is 0 Å². The first kappa shape index (κ1) is 23.1. The van der Waals surface area contributed by atoms with Crippen molar-refractivity contribution >= 4 is 6.09 Å². The summed E-state index contributed by atoms with van der Waals surface area (Å²) in [5.41, 5.74) is -0.467. The number of allylic oxidation sites excluding steroid dienone is 1. The highest BCUT2D eigenvalue weighted by atomic mass is 16.7. The van der Waals surface area contributed by atoms with Crippen molar-refractivity contribution < 1.29 is 19.0 Å². The Kier molecular flexibility index (Phi) is 7.02. The molecule has 0 aromatic heterocycles. The normalized spacial score (nSPS) is 41.1. The zero-order valence-electron chi connectivity index (χ0n) is 20.2.